The van der Waals surface area contributed by atoms with Crippen molar-refractivity contribution in [2.45, 2.75) is 20.8 Å². The number of aryl methyl sites for hydroxylation is 1. The van der Waals surface area contributed by atoms with E-state index >= 15 is 0 Å². The monoisotopic (exact) mass is 272 g/mol. The van der Waals surface area contributed by atoms with Gasteiger partial charge >= 0.3 is 5.97 Å². The van der Waals surface area contributed by atoms with Gasteiger partial charge in [-0.3, -0.25) is 0 Å². The van der Waals surface area contributed by atoms with Crippen LogP contribution in [0.15, 0.2) is 18.3 Å². The number of aromatic carboxylic acids is 1. The molecule has 0 spiro atoms. The van der Waals surface area contributed by atoms with Crippen LogP contribution >= 0.6 is 0 Å². The minimum absolute atomic E-state index is 0.100. The summed E-state index contributed by atoms with van der Waals surface area (Å²) in [6, 6.07) is 3.65. The van der Waals surface area contributed by atoms with Gasteiger partial charge in [-0.2, -0.15) is 0 Å². The lowest BCUT2D eigenvalue weighted by atomic mass is 9.97. The van der Waals surface area contributed by atoms with Crippen molar-refractivity contribution in [1.29, 1.82) is 0 Å². The van der Waals surface area contributed by atoms with Crippen LogP contribution in [0, 0.1) is 20.8 Å². The molecular formula is C15H16N2O3. The van der Waals surface area contributed by atoms with E-state index in [0.29, 0.717) is 11.5 Å². The van der Waals surface area contributed by atoms with E-state index in [1.54, 1.807) is 14.0 Å². The van der Waals surface area contributed by atoms with E-state index in [1.165, 1.54) is 6.20 Å². The summed E-state index contributed by atoms with van der Waals surface area (Å²) in [5.74, 6) is 0.277. The predicted molar refractivity (Wildman–Crippen MR) is 75.2 cm³/mol. The molecule has 2 rings (SSSR count). The Balaban J connectivity index is 2.71. The van der Waals surface area contributed by atoms with Crippen molar-refractivity contribution in [1.82, 2.24) is 9.97 Å². The summed E-state index contributed by atoms with van der Waals surface area (Å²) in [7, 11) is 1.61. The van der Waals surface area contributed by atoms with Crippen LogP contribution in [0.1, 0.15) is 27.3 Å². The molecule has 20 heavy (non-hydrogen) atoms. The zero-order valence-corrected chi connectivity index (χ0v) is 11.9. The number of benzene rings is 1. The summed E-state index contributed by atoms with van der Waals surface area (Å²) in [5, 5.41) is 9.27. The third kappa shape index (κ3) is 2.34. The van der Waals surface area contributed by atoms with Crippen LogP contribution in [0.25, 0.3) is 11.3 Å². The first kappa shape index (κ1) is 14.0. The number of rotatable bonds is 3. The molecule has 1 aromatic carbocycles. The van der Waals surface area contributed by atoms with Gasteiger partial charge in [-0.15, -0.1) is 0 Å². The molecule has 0 saturated heterocycles. The van der Waals surface area contributed by atoms with Gasteiger partial charge in [-0.25, -0.2) is 14.8 Å². The van der Waals surface area contributed by atoms with E-state index in [1.807, 2.05) is 26.0 Å². The number of carbonyl (C=O) groups is 1. The van der Waals surface area contributed by atoms with Gasteiger partial charge in [0.2, 0.25) is 0 Å². The fourth-order valence-electron chi connectivity index (χ4n) is 2.11. The van der Waals surface area contributed by atoms with Gasteiger partial charge in [-0.1, -0.05) is 0 Å². The predicted octanol–water partition coefficient (Wildman–Crippen LogP) is 2.78. The Kier molecular flexibility index (Phi) is 3.70. The third-order valence-electron chi connectivity index (χ3n) is 3.35. The first-order valence-electron chi connectivity index (χ1n) is 6.17. The highest BCUT2D eigenvalue weighted by Crippen LogP contribution is 2.31. The Hall–Kier alpha value is -2.43. The Morgan fingerprint density at radius 3 is 2.50 bits per heavy atom. The summed E-state index contributed by atoms with van der Waals surface area (Å²) in [6.45, 7) is 5.60. The Bertz CT molecular complexity index is 681. The average molecular weight is 272 g/mol. The Morgan fingerprint density at radius 1 is 1.20 bits per heavy atom. The van der Waals surface area contributed by atoms with E-state index in [2.05, 4.69) is 9.97 Å². The minimum atomic E-state index is -1.03. The number of aromatic nitrogens is 2. The molecule has 1 aromatic heterocycles. The molecule has 0 unspecified atom stereocenters. The highest BCUT2D eigenvalue weighted by atomic mass is 16.5. The topological polar surface area (TPSA) is 72.3 Å². The number of carboxylic acids is 1. The molecule has 5 heteroatoms. The van der Waals surface area contributed by atoms with Crippen molar-refractivity contribution >= 4 is 5.97 Å². The van der Waals surface area contributed by atoms with Crippen molar-refractivity contribution in [3.8, 4) is 17.0 Å². The number of nitrogens with zero attached hydrogens (tertiary/aromatic N) is 2. The van der Waals surface area contributed by atoms with Gasteiger partial charge in [0.05, 0.1) is 12.8 Å². The lowest BCUT2D eigenvalue weighted by Crippen LogP contribution is -2.06. The van der Waals surface area contributed by atoms with Gasteiger partial charge in [0, 0.05) is 11.8 Å². The third-order valence-corrected chi connectivity index (χ3v) is 3.35. The number of hydrogen-bond donors (Lipinski definition) is 1. The molecule has 0 fully saturated rings. The maximum atomic E-state index is 11.3. The molecule has 104 valence electrons. The molecule has 0 aliphatic carbocycles. The standard InChI is InChI=1S/C15H16N2O3/c1-8-9(2)13(20-4)6-5-11(8)14-12(15(18)19)7-16-10(3)17-14/h5-7H,1-4H3,(H,18,19). The van der Waals surface area contributed by atoms with Crippen LogP contribution in [0.4, 0.5) is 0 Å². The lowest BCUT2D eigenvalue weighted by molar-refractivity contribution is 0.0697. The maximum Gasteiger partial charge on any atom is 0.339 e. The second-order valence-electron chi connectivity index (χ2n) is 4.55. The van der Waals surface area contributed by atoms with Crippen molar-refractivity contribution in [2.24, 2.45) is 0 Å². The van der Waals surface area contributed by atoms with Crippen LogP contribution < -0.4 is 4.74 Å². The van der Waals surface area contributed by atoms with Gasteiger partial charge in [-0.05, 0) is 44.0 Å². The Morgan fingerprint density at radius 2 is 1.90 bits per heavy atom. The normalized spacial score (nSPS) is 10.4. The molecule has 0 aliphatic rings. The van der Waals surface area contributed by atoms with Crippen LogP contribution in [0.3, 0.4) is 0 Å². The molecule has 5 nitrogen and oxygen atoms in total. The van der Waals surface area contributed by atoms with E-state index in [-0.39, 0.29) is 5.56 Å². The highest BCUT2D eigenvalue weighted by molar-refractivity contribution is 5.95. The number of carboxylic acid groups (broad SMARTS) is 1. The molecule has 0 radical (unpaired) electrons. The van der Waals surface area contributed by atoms with Gasteiger partial charge < -0.3 is 9.84 Å². The van der Waals surface area contributed by atoms with Crippen molar-refractivity contribution < 1.29 is 14.6 Å². The van der Waals surface area contributed by atoms with E-state index < -0.39 is 5.97 Å². The maximum absolute atomic E-state index is 11.3. The molecule has 2 aromatic rings. The summed E-state index contributed by atoms with van der Waals surface area (Å²) in [4.78, 5) is 19.6. The minimum Gasteiger partial charge on any atom is -0.496 e. The zero-order chi connectivity index (χ0) is 14.9. The van der Waals surface area contributed by atoms with E-state index in [0.717, 1.165) is 22.4 Å². The first-order valence-corrected chi connectivity index (χ1v) is 6.17. The van der Waals surface area contributed by atoms with Crippen molar-refractivity contribution in [2.75, 3.05) is 7.11 Å². The summed E-state index contributed by atoms with van der Waals surface area (Å²) in [5.41, 5.74) is 3.24. The summed E-state index contributed by atoms with van der Waals surface area (Å²) < 4.78 is 5.27. The smallest absolute Gasteiger partial charge is 0.339 e. The van der Waals surface area contributed by atoms with Crippen LogP contribution in [-0.2, 0) is 0 Å². The summed E-state index contributed by atoms with van der Waals surface area (Å²) >= 11 is 0. The van der Waals surface area contributed by atoms with E-state index in [9.17, 15) is 9.90 Å². The van der Waals surface area contributed by atoms with Gasteiger partial charge in [0.1, 0.15) is 17.1 Å². The molecule has 0 bridgehead atoms. The second-order valence-corrected chi connectivity index (χ2v) is 4.55. The van der Waals surface area contributed by atoms with Crippen molar-refractivity contribution in [3.63, 3.8) is 0 Å². The van der Waals surface area contributed by atoms with Gasteiger partial charge in [0.15, 0.2) is 0 Å². The average Bonchev–Trinajstić information content (AvgIpc) is 2.41. The molecule has 1 N–H and O–H groups in total. The fourth-order valence-corrected chi connectivity index (χ4v) is 2.11. The molecule has 0 amide bonds. The largest absolute Gasteiger partial charge is 0.496 e. The van der Waals surface area contributed by atoms with Gasteiger partial charge in [0.25, 0.3) is 0 Å². The second kappa shape index (κ2) is 5.28. The number of hydrogen-bond acceptors (Lipinski definition) is 4. The van der Waals surface area contributed by atoms with E-state index in [4.69, 9.17) is 4.74 Å². The number of ether oxygens (including phenoxy) is 1. The quantitative estimate of drug-likeness (QED) is 0.930. The van der Waals surface area contributed by atoms with Crippen LogP contribution in [-0.4, -0.2) is 28.2 Å². The van der Waals surface area contributed by atoms with Crippen molar-refractivity contribution in [3.05, 3.63) is 40.8 Å². The fraction of sp³-hybridized carbons (Fsp3) is 0.267. The molecule has 0 aliphatic heterocycles. The van der Waals surface area contributed by atoms with Crippen LogP contribution in [0.5, 0.6) is 5.75 Å². The molecule has 0 atom stereocenters. The zero-order valence-electron chi connectivity index (χ0n) is 11.9. The molecular weight excluding hydrogens is 256 g/mol. The lowest BCUT2D eigenvalue weighted by Gasteiger charge is -2.13. The Labute approximate surface area is 117 Å². The first-order chi connectivity index (χ1) is 9.45. The molecule has 0 saturated carbocycles. The SMILES string of the molecule is COc1ccc(-c2nc(C)ncc2C(=O)O)c(C)c1C. The number of methoxy groups -OCH3 is 1. The van der Waals surface area contributed by atoms with Crippen LogP contribution in [0.2, 0.25) is 0 Å². The summed E-state index contributed by atoms with van der Waals surface area (Å²) in [6.07, 6.45) is 1.35. The highest BCUT2D eigenvalue weighted by Gasteiger charge is 2.17. The molecule has 1 heterocycles.